The summed E-state index contributed by atoms with van der Waals surface area (Å²) in [5.41, 5.74) is -0.0725. The molecule has 11 heteroatoms. The summed E-state index contributed by atoms with van der Waals surface area (Å²) in [6, 6.07) is -0.500. The highest BCUT2D eigenvalue weighted by Gasteiger charge is 2.08. The lowest BCUT2D eigenvalue weighted by molar-refractivity contribution is 0.0691. The lowest BCUT2D eigenvalue weighted by Crippen LogP contribution is -2.40. The average molecular weight is 319 g/mol. The van der Waals surface area contributed by atoms with E-state index in [2.05, 4.69) is 20.3 Å². The predicted octanol–water partition coefficient (Wildman–Crippen LogP) is -1.57. The Kier molecular flexibility index (Phi) is 6.11. The Morgan fingerprint density at radius 3 is 2.57 bits per heavy atom. The number of aromatic carboxylic acids is 1. The zero-order valence-electron chi connectivity index (χ0n) is 11.4. The van der Waals surface area contributed by atoms with Crippen molar-refractivity contribution in [2.45, 2.75) is 6.54 Å². The van der Waals surface area contributed by atoms with Crippen LogP contribution in [0.3, 0.4) is 0 Å². The van der Waals surface area contributed by atoms with E-state index < -0.39 is 22.0 Å². The predicted molar refractivity (Wildman–Crippen MR) is 73.4 cm³/mol. The molecule has 118 valence electrons. The molecule has 0 spiro atoms. The molecule has 0 atom stereocenters. The van der Waals surface area contributed by atoms with Gasteiger partial charge in [-0.05, 0) is 7.05 Å². The van der Waals surface area contributed by atoms with Crippen LogP contribution in [0.1, 0.15) is 10.5 Å². The van der Waals surface area contributed by atoms with E-state index in [1.807, 2.05) is 0 Å². The summed E-state index contributed by atoms with van der Waals surface area (Å²) >= 11 is 0. The van der Waals surface area contributed by atoms with E-state index in [0.29, 0.717) is 6.54 Å². The minimum atomic E-state index is -3.34. The number of hydrogen-bond acceptors (Lipinski definition) is 5. The maximum atomic E-state index is 11.4. The number of carbonyl (C=O) groups is 2. The number of carboxylic acid groups (broad SMARTS) is 1. The molecule has 0 saturated heterocycles. The normalized spacial score (nSPS) is 11.1. The molecule has 0 unspecified atom stereocenters. The molecule has 0 aliphatic rings. The fourth-order valence-corrected chi connectivity index (χ4v) is 1.93. The number of nitrogens with zero attached hydrogens (tertiary/aromatic N) is 2. The third-order valence-electron chi connectivity index (χ3n) is 2.48. The van der Waals surface area contributed by atoms with E-state index in [1.54, 1.807) is 0 Å². The molecule has 0 aliphatic carbocycles. The van der Waals surface area contributed by atoms with Crippen LogP contribution in [0.2, 0.25) is 0 Å². The molecule has 0 saturated carbocycles. The molecule has 1 aromatic heterocycles. The van der Waals surface area contributed by atoms with Crippen molar-refractivity contribution in [2.24, 2.45) is 0 Å². The van der Waals surface area contributed by atoms with Gasteiger partial charge < -0.3 is 20.3 Å². The number of urea groups is 1. The summed E-state index contributed by atoms with van der Waals surface area (Å²) in [4.78, 5) is 25.6. The Morgan fingerprint density at radius 1 is 1.33 bits per heavy atom. The first-order chi connectivity index (χ1) is 9.84. The number of rotatable bonds is 8. The zero-order chi connectivity index (χ0) is 15.9. The van der Waals surface area contributed by atoms with Crippen LogP contribution in [0.15, 0.2) is 12.5 Å². The van der Waals surface area contributed by atoms with Crippen molar-refractivity contribution in [3.05, 3.63) is 18.2 Å². The number of carboxylic acids is 1. The van der Waals surface area contributed by atoms with Crippen molar-refractivity contribution >= 4 is 22.0 Å². The third kappa shape index (κ3) is 6.23. The van der Waals surface area contributed by atoms with Crippen LogP contribution in [0.25, 0.3) is 0 Å². The molecule has 10 nitrogen and oxygen atoms in total. The lowest BCUT2D eigenvalue weighted by atomic mass is 10.5. The molecule has 1 aromatic rings. The molecule has 1 heterocycles. The molecule has 0 aromatic carbocycles. The van der Waals surface area contributed by atoms with Gasteiger partial charge in [0.2, 0.25) is 10.0 Å². The van der Waals surface area contributed by atoms with Gasteiger partial charge in [-0.3, -0.25) is 0 Å². The second-order valence-corrected chi connectivity index (χ2v) is 6.05. The molecule has 21 heavy (non-hydrogen) atoms. The Labute approximate surface area is 121 Å². The summed E-state index contributed by atoms with van der Waals surface area (Å²) in [6.07, 6.45) is 2.70. The third-order valence-corrected chi connectivity index (χ3v) is 3.84. The maximum absolute atomic E-state index is 11.4. The molecule has 0 aliphatic heterocycles. The van der Waals surface area contributed by atoms with E-state index >= 15 is 0 Å². The van der Waals surface area contributed by atoms with Crippen LogP contribution < -0.4 is 15.4 Å². The second-order valence-electron chi connectivity index (χ2n) is 4.01. The number of sulfonamides is 1. The highest BCUT2D eigenvalue weighted by atomic mass is 32.2. The van der Waals surface area contributed by atoms with Gasteiger partial charge in [0.15, 0.2) is 5.69 Å². The van der Waals surface area contributed by atoms with Crippen molar-refractivity contribution in [2.75, 3.05) is 25.9 Å². The van der Waals surface area contributed by atoms with Crippen LogP contribution in [-0.4, -0.2) is 61.0 Å². The van der Waals surface area contributed by atoms with Crippen molar-refractivity contribution in [1.82, 2.24) is 24.9 Å². The van der Waals surface area contributed by atoms with Crippen molar-refractivity contribution < 1.29 is 23.1 Å². The fraction of sp³-hybridized carbons (Fsp3) is 0.500. The fourth-order valence-electron chi connectivity index (χ4n) is 1.35. The first-order valence-corrected chi connectivity index (χ1v) is 7.67. The van der Waals surface area contributed by atoms with E-state index in [0.717, 1.165) is 0 Å². The minimum absolute atomic E-state index is 0.0107. The van der Waals surface area contributed by atoms with Gasteiger partial charge in [-0.15, -0.1) is 0 Å². The molecular formula is C10H17N5O5S. The maximum Gasteiger partial charge on any atom is 0.356 e. The van der Waals surface area contributed by atoms with Gasteiger partial charge >= 0.3 is 12.0 Å². The number of carbonyl (C=O) groups excluding carboxylic acids is 1. The summed E-state index contributed by atoms with van der Waals surface area (Å²) in [7, 11) is -2.05. The smallest absolute Gasteiger partial charge is 0.356 e. The van der Waals surface area contributed by atoms with Crippen LogP contribution in [-0.2, 0) is 16.6 Å². The molecule has 0 bridgehead atoms. The van der Waals surface area contributed by atoms with Crippen LogP contribution in [0.5, 0.6) is 0 Å². The highest BCUT2D eigenvalue weighted by Crippen LogP contribution is 1.95. The molecule has 0 radical (unpaired) electrons. The van der Waals surface area contributed by atoms with Gasteiger partial charge in [-0.1, -0.05) is 0 Å². The SMILES string of the molecule is CNS(=O)(=O)CCNC(=O)NCCn1cnc(C(=O)O)c1. The molecule has 2 amide bonds. The van der Waals surface area contributed by atoms with Gasteiger partial charge in [0.1, 0.15) is 0 Å². The summed E-state index contributed by atoms with van der Waals surface area (Å²) in [5, 5.41) is 13.6. The van der Waals surface area contributed by atoms with Crippen LogP contribution >= 0.6 is 0 Å². The van der Waals surface area contributed by atoms with Gasteiger partial charge in [0.05, 0.1) is 12.1 Å². The van der Waals surface area contributed by atoms with E-state index in [4.69, 9.17) is 5.11 Å². The first-order valence-electron chi connectivity index (χ1n) is 6.02. The van der Waals surface area contributed by atoms with Gasteiger partial charge in [-0.2, -0.15) is 0 Å². The quantitative estimate of drug-likeness (QED) is 0.456. The van der Waals surface area contributed by atoms with E-state index in [9.17, 15) is 18.0 Å². The average Bonchev–Trinajstić information content (AvgIpc) is 2.87. The number of hydrogen-bond donors (Lipinski definition) is 4. The molecule has 1 rings (SSSR count). The van der Waals surface area contributed by atoms with Gasteiger partial charge in [0.25, 0.3) is 0 Å². The zero-order valence-corrected chi connectivity index (χ0v) is 12.2. The first kappa shape index (κ1) is 16.9. The van der Waals surface area contributed by atoms with Crippen molar-refractivity contribution in [1.29, 1.82) is 0 Å². The number of amides is 2. The Morgan fingerprint density at radius 2 is 2.00 bits per heavy atom. The number of imidazole rings is 1. The topological polar surface area (TPSA) is 142 Å². The summed E-state index contributed by atoms with van der Waals surface area (Å²) in [6.45, 7) is 0.589. The van der Waals surface area contributed by atoms with E-state index in [-0.39, 0.29) is 24.5 Å². The Bertz CT molecular complexity index is 597. The van der Waals surface area contributed by atoms with Crippen molar-refractivity contribution in [3.8, 4) is 0 Å². The lowest BCUT2D eigenvalue weighted by Gasteiger charge is -2.08. The number of aromatic nitrogens is 2. The van der Waals surface area contributed by atoms with Crippen LogP contribution in [0, 0.1) is 0 Å². The minimum Gasteiger partial charge on any atom is -0.476 e. The second kappa shape index (κ2) is 7.59. The highest BCUT2D eigenvalue weighted by molar-refractivity contribution is 7.89. The Balaban J connectivity index is 2.22. The van der Waals surface area contributed by atoms with E-state index in [1.165, 1.54) is 24.1 Å². The Hall–Kier alpha value is -2.14. The summed E-state index contributed by atoms with van der Waals surface area (Å²) < 4.78 is 25.8. The molecular weight excluding hydrogens is 302 g/mol. The molecule has 0 fully saturated rings. The summed E-state index contributed by atoms with van der Waals surface area (Å²) in [5.74, 6) is -1.33. The molecule has 4 N–H and O–H groups in total. The largest absolute Gasteiger partial charge is 0.476 e. The van der Waals surface area contributed by atoms with Gasteiger partial charge in [0, 0.05) is 25.8 Å². The van der Waals surface area contributed by atoms with Crippen LogP contribution in [0.4, 0.5) is 4.79 Å². The standard InChI is InChI=1S/C10H17N5O5S/c1-11-21(19,20)5-3-13-10(18)12-2-4-15-6-8(9(16)17)14-7-15/h6-7,11H,2-5H2,1H3,(H,16,17)(H2,12,13,18). The monoisotopic (exact) mass is 319 g/mol. The van der Waals surface area contributed by atoms with Gasteiger partial charge in [-0.25, -0.2) is 27.7 Å². The van der Waals surface area contributed by atoms with Crippen molar-refractivity contribution in [3.63, 3.8) is 0 Å². The number of nitrogens with one attached hydrogen (secondary N) is 3.